The van der Waals surface area contributed by atoms with E-state index in [-0.39, 0.29) is 0 Å². The Labute approximate surface area is 181 Å². The van der Waals surface area contributed by atoms with Crippen LogP contribution < -0.4 is 9.64 Å². The van der Waals surface area contributed by atoms with Crippen LogP contribution in [0.1, 0.15) is 0 Å². The number of benzene rings is 3. The van der Waals surface area contributed by atoms with Crippen molar-refractivity contribution >= 4 is 16.6 Å². The topological polar surface area (TPSA) is 56.9 Å². The largest absolute Gasteiger partial charge is 0.497 e. The van der Waals surface area contributed by atoms with Crippen LogP contribution in [0.2, 0.25) is 0 Å². The fraction of sp³-hybridized carbons (Fsp3) is 0.115. The standard InChI is InChI=1S/C26H24N4O/c1-30(2)19-12-8-18(9-13-19)26-28-24(17-10-14-20(31-3)15-11-17)25(29-26)22-16-27-23-7-5-4-6-21(22)23/h4-16,27H,1-3H3,(H,28,29). The summed E-state index contributed by atoms with van der Waals surface area (Å²) in [6.07, 6.45) is 2.05. The molecule has 5 rings (SSSR count). The van der Waals surface area contributed by atoms with Gasteiger partial charge in [0.05, 0.1) is 18.5 Å². The molecule has 5 heteroatoms. The van der Waals surface area contributed by atoms with Crippen LogP contribution in [0.3, 0.4) is 0 Å². The van der Waals surface area contributed by atoms with Gasteiger partial charge in [-0.15, -0.1) is 0 Å². The Morgan fingerprint density at radius 1 is 0.839 bits per heavy atom. The molecule has 31 heavy (non-hydrogen) atoms. The highest BCUT2D eigenvalue weighted by molar-refractivity contribution is 5.98. The Balaban J connectivity index is 1.67. The highest BCUT2D eigenvalue weighted by Gasteiger charge is 2.18. The molecule has 3 aromatic carbocycles. The second-order valence-corrected chi connectivity index (χ2v) is 7.73. The van der Waals surface area contributed by atoms with Gasteiger partial charge in [0.25, 0.3) is 0 Å². The highest BCUT2D eigenvalue weighted by atomic mass is 16.5. The first-order chi connectivity index (χ1) is 15.1. The molecule has 0 aliphatic rings. The molecule has 0 unspecified atom stereocenters. The Kier molecular flexibility index (Phi) is 4.71. The van der Waals surface area contributed by atoms with Crippen molar-refractivity contribution in [2.24, 2.45) is 0 Å². The summed E-state index contributed by atoms with van der Waals surface area (Å²) in [5.74, 6) is 1.67. The molecule has 0 radical (unpaired) electrons. The molecule has 0 bridgehead atoms. The third-order valence-electron chi connectivity index (χ3n) is 5.58. The number of hydrogen-bond donors (Lipinski definition) is 2. The summed E-state index contributed by atoms with van der Waals surface area (Å²) < 4.78 is 5.33. The van der Waals surface area contributed by atoms with E-state index < -0.39 is 0 Å². The number of methoxy groups -OCH3 is 1. The summed E-state index contributed by atoms with van der Waals surface area (Å²) in [4.78, 5) is 14.1. The number of nitrogens with zero attached hydrogens (tertiary/aromatic N) is 2. The summed E-state index contributed by atoms with van der Waals surface area (Å²) in [6.45, 7) is 0. The molecule has 0 fully saturated rings. The number of H-pyrrole nitrogens is 2. The molecule has 0 aliphatic carbocycles. The predicted molar refractivity (Wildman–Crippen MR) is 128 cm³/mol. The summed E-state index contributed by atoms with van der Waals surface area (Å²) in [7, 11) is 5.76. The first-order valence-corrected chi connectivity index (χ1v) is 10.2. The van der Waals surface area contributed by atoms with Crippen molar-refractivity contribution in [2.45, 2.75) is 0 Å². The van der Waals surface area contributed by atoms with Crippen molar-refractivity contribution < 1.29 is 4.74 Å². The monoisotopic (exact) mass is 408 g/mol. The SMILES string of the molecule is COc1ccc(-c2nc(-c3ccc(N(C)C)cc3)[nH]c2-c2c[nH]c3ccccc23)cc1. The molecular formula is C26H24N4O. The zero-order valence-electron chi connectivity index (χ0n) is 17.8. The molecule has 154 valence electrons. The van der Waals surface area contributed by atoms with Crippen molar-refractivity contribution in [1.29, 1.82) is 0 Å². The van der Waals surface area contributed by atoms with Gasteiger partial charge in [-0.2, -0.15) is 0 Å². The number of fused-ring (bicyclic) bond motifs is 1. The third kappa shape index (κ3) is 3.44. The van der Waals surface area contributed by atoms with Gasteiger partial charge in [-0.1, -0.05) is 18.2 Å². The van der Waals surface area contributed by atoms with E-state index in [1.165, 1.54) is 0 Å². The molecule has 0 saturated carbocycles. The second-order valence-electron chi connectivity index (χ2n) is 7.73. The molecule has 2 N–H and O–H groups in total. The van der Waals surface area contributed by atoms with Crippen LogP contribution in [0.15, 0.2) is 79.0 Å². The van der Waals surface area contributed by atoms with E-state index in [1.807, 2.05) is 50.6 Å². The molecule has 5 aromatic rings. The lowest BCUT2D eigenvalue weighted by Crippen LogP contribution is -2.07. The first-order valence-electron chi connectivity index (χ1n) is 10.2. The van der Waals surface area contributed by atoms with E-state index in [1.54, 1.807) is 7.11 Å². The van der Waals surface area contributed by atoms with Gasteiger partial charge >= 0.3 is 0 Å². The number of aromatic nitrogens is 3. The van der Waals surface area contributed by atoms with Crippen LogP contribution in [0.25, 0.3) is 44.8 Å². The number of ether oxygens (including phenoxy) is 1. The van der Waals surface area contributed by atoms with E-state index in [2.05, 4.69) is 57.3 Å². The maximum atomic E-state index is 5.33. The smallest absolute Gasteiger partial charge is 0.138 e. The minimum absolute atomic E-state index is 0.826. The van der Waals surface area contributed by atoms with Crippen LogP contribution in [0.4, 0.5) is 5.69 Å². The lowest BCUT2D eigenvalue weighted by Gasteiger charge is -2.12. The second kappa shape index (κ2) is 7.69. The van der Waals surface area contributed by atoms with E-state index in [0.29, 0.717) is 0 Å². The van der Waals surface area contributed by atoms with E-state index in [0.717, 1.165) is 56.2 Å². The number of imidazole rings is 1. The minimum atomic E-state index is 0.826. The number of rotatable bonds is 5. The van der Waals surface area contributed by atoms with Crippen LogP contribution in [-0.4, -0.2) is 36.2 Å². The van der Waals surface area contributed by atoms with Crippen molar-refractivity contribution in [3.05, 3.63) is 79.0 Å². The van der Waals surface area contributed by atoms with Crippen molar-refractivity contribution in [1.82, 2.24) is 15.0 Å². The average molecular weight is 409 g/mol. The Morgan fingerprint density at radius 3 is 2.26 bits per heavy atom. The summed E-state index contributed by atoms with van der Waals surface area (Å²) in [5, 5.41) is 1.16. The van der Waals surface area contributed by atoms with Gasteiger partial charge in [0.1, 0.15) is 11.6 Å². The van der Waals surface area contributed by atoms with Crippen LogP contribution in [0, 0.1) is 0 Å². The van der Waals surface area contributed by atoms with Gasteiger partial charge in [-0.05, 0) is 54.6 Å². The van der Waals surface area contributed by atoms with Gasteiger partial charge in [0.15, 0.2) is 0 Å². The molecule has 0 aliphatic heterocycles. The average Bonchev–Trinajstić information content (AvgIpc) is 3.43. The predicted octanol–water partition coefficient (Wildman–Crippen LogP) is 5.97. The molecule has 0 spiro atoms. The number of nitrogens with one attached hydrogen (secondary N) is 2. The van der Waals surface area contributed by atoms with Crippen molar-refractivity contribution in [3.63, 3.8) is 0 Å². The molecule has 0 saturated heterocycles. The lowest BCUT2D eigenvalue weighted by atomic mass is 10.0. The lowest BCUT2D eigenvalue weighted by molar-refractivity contribution is 0.415. The maximum Gasteiger partial charge on any atom is 0.138 e. The van der Waals surface area contributed by atoms with Gasteiger partial charge in [-0.3, -0.25) is 0 Å². The highest BCUT2D eigenvalue weighted by Crippen LogP contribution is 2.37. The maximum absolute atomic E-state index is 5.33. The summed E-state index contributed by atoms with van der Waals surface area (Å²) in [5.41, 5.74) is 7.35. The fourth-order valence-electron chi connectivity index (χ4n) is 3.86. The Bertz CT molecular complexity index is 1330. The number of para-hydroxylation sites is 1. The van der Waals surface area contributed by atoms with E-state index in [4.69, 9.17) is 9.72 Å². The van der Waals surface area contributed by atoms with Crippen LogP contribution in [-0.2, 0) is 0 Å². The van der Waals surface area contributed by atoms with Crippen molar-refractivity contribution in [3.8, 4) is 39.7 Å². The normalized spacial score (nSPS) is 11.1. The minimum Gasteiger partial charge on any atom is -0.497 e. The Hall–Kier alpha value is -3.99. The molecule has 0 atom stereocenters. The molecular weight excluding hydrogens is 384 g/mol. The molecule has 2 heterocycles. The number of anilines is 1. The fourth-order valence-corrected chi connectivity index (χ4v) is 3.86. The van der Waals surface area contributed by atoms with Crippen LogP contribution in [0.5, 0.6) is 5.75 Å². The zero-order chi connectivity index (χ0) is 21.4. The van der Waals surface area contributed by atoms with Gasteiger partial charge < -0.3 is 19.6 Å². The zero-order valence-corrected chi connectivity index (χ0v) is 17.8. The quantitative estimate of drug-likeness (QED) is 0.377. The molecule has 0 amide bonds. The van der Waals surface area contributed by atoms with Gasteiger partial charge in [-0.25, -0.2) is 4.98 Å². The van der Waals surface area contributed by atoms with Gasteiger partial charge in [0.2, 0.25) is 0 Å². The summed E-state index contributed by atoms with van der Waals surface area (Å²) in [6, 6.07) is 24.8. The first kappa shape index (κ1) is 19.0. The van der Waals surface area contributed by atoms with Crippen molar-refractivity contribution in [2.75, 3.05) is 26.1 Å². The molecule has 2 aromatic heterocycles. The molecule has 5 nitrogen and oxygen atoms in total. The van der Waals surface area contributed by atoms with Crippen LogP contribution >= 0.6 is 0 Å². The van der Waals surface area contributed by atoms with E-state index >= 15 is 0 Å². The number of aromatic amines is 2. The van der Waals surface area contributed by atoms with E-state index in [9.17, 15) is 0 Å². The van der Waals surface area contributed by atoms with Gasteiger partial charge in [0, 0.05) is 53.6 Å². The third-order valence-corrected chi connectivity index (χ3v) is 5.58. The Morgan fingerprint density at radius 2 is 1.55 bits per heavy atom. The number of hydrogen-bond acceptors (Lipinski definition) is 3. The summed E-state index contributed by atoms with van der Waals surface area (Å²) >= 11 is 0.